The van der Waals surface area contributed by atoms with Crippen LogP contribution in [0.1, 0.15) is 11.9 Å². The van der Waals surface area contributed by atoms with Gasteiger partial charge < -0.3 is 14.5 Å². The smallest absolute Gasteiger partial charge is 0.190 e. The number of H-pyrrole nitrogens is 1. The second-order valence-corrected chi connectivity index (χ2v) is 4.77. The summed E-state index contributed by atoms with van der Waals surface area (Å²) in [5, 5.41) is 0. The van der Waals surface area contributed by atoms with Crippen LogP contribution in [-0.2, 0) is 0 Å². The minimum Gasteiger partial charge on any atom is -0.485 e. The zero-order valence-corrected chi connectivity index (χ0v) is 10.8. The summed E-state index contributed by atoms with van der Waals surface area (Å²) in [6.45, 7) is 0.280. The van der Waals surface area contributed by atoms with Crippen molar-refractivity contribution in [2.24, 2.45) is 0 Å². The molecule has 4 nitrogen and oxygen atoms in total. The van der Waals surface area contributed by atoms with Gasteiger partial charge in [-0.05, 0) is 12.1 Å². The second kappa shape index (κ2) is 4.44. The number of hydrogen-bond acceptors (Lipinski definition) is 3. The van der Waals surface area contributed by atoms with Crippen molar-refractivity contribution in [2.45, 2.75) is 6.10 Å². The summed E-state index contributed by atoms with van der Waals surface area (Å²) in [5.41, 5.74) is 0.776. The van der Waals surface area contributed by atoms with Crippen LogP contribution in [0.4, 0.5) is 8.78 Å². The molecule has 0 fully saturated rings. The highest BCUT2D eigenvalue weighted by Crippen LogP contribution is 2.35. The van der Waals surface area contributed by atoms with Gasteiger partial charge in [0.2, 0.25) is 0 Å². The number of aromatic amines is 1. The second-order valence-electron chi connectivity index (χ2n) is 4.77. The Kier molecular flexibility index (Phi) is 2.57. The summed E-state index contributed by atoms with van der Waals surface area (Å²) in [7, 11) is 0. The van der Waals surface area contributed by atoms with Crippen LogP contribution in [-0.4, -0.2) is 16.6 Å². The maximum Gasteiger partial charge on any atom is 0.190 e. The third-order valence-electron chi connectivity index (χ3n) is 3.36. The molecule has 1 N–H and O–H groups in total. The lowest BCUT2D eigenvalue weighted by molar-refractivity contribution is 0.0859. The first-order valence-corrected chi connectivity index (χ1v) is 6.44. The number of halogens is 2. The SMILES string of the molecule is Fc1cc2nc(C3COc4ccccc4O3)[nH]c2cc1F. The van der Waals surface area contributed by atoms with Crippen molar-refractivity contribution in [3.63, 3.8) is 0 Å². The van der Waals surface area contributed by atoms with Crippen molar-refractivity contribution < 1.29 is 18.3 Å². The minimum absolute atomic E-state index is 0.280. The summed E-state index contributed by atoms with van der Waals surface area (Å²) in [6.07, 6.45) is -0.446. The molecule has 2 heterocycles. The van der Waals surface area contributed by atoms with Gasteiger partial charge in [-0.15, -0.1) is 0 Å². The highest BCUT2D eigenvalue weighted by atomic mass is 19.2. The van der Waals surface area contributed by atoms with Crippen molar-refractivity contribution in [2.75, 3.05) is 6.61 Å². The minimum atomic E-state index is -0.924. The first kappa shape index (κ1) is 12.1. The number of imidazole rings is 1. The lowest BCUT2D eigenvalue weighted by atomic mass is 10.2. The largest absolute Gasteiger partial charge is 0.485 e. The number of rotatable bonds is 1. The summed E-state index contributed by atoms with van der Waals surface area (Å²) >= 11 is 0. The van der Waals surface area contributed by atoms with Gasteiger partial charge in [0.1, 0.15) is 6.61 Å². The van der Waals surface area contributed by atoms with Crippen LogP contribution < -0.4 is 9.47 Å². The number of fused-ring (bicyclic) bond motifs is 2. The molecule has 1 atom stereocenters. The summed E-state index contributed by atoms with van der Waals surface area (Å²) in [4.78, 5) is 7.19. The first-order chi connectivity index (χ1) is 10.2. The molecule has 3 aromatic rings. The number of benzene rings is 2. The predicted octanol–water partition coefficient (Wildman–Crippen LogP) is 3.35. The van der Waals surface area contributed by atoms with E-state index in [2.05, 4.69) is 9.97 Å². The van der Waals surface area contributed by atoms with Gasteiger partial charge in [-0.25, -0.2) is 13.8 Å². The fraction of sp³-hybridized carbons (Fsp3) is 0.133. The first-order valence-electron chi connectivity index (χ1n) is 6.44. The van der Waals surface area contributed by atoms with Gasteiger partial charge in [-0.3, -0.25) is 0 Å². The number of ether oxygens (including phenoxy) is 2. The van der Waals surface area contributed by atoms with E-state index in [-0.39, 0.29) is 6.61 Å². The van der Waals surface area contributed by atoms with Gasteiger partial charge in [0.25, 0.3) is 0 Å². The zero-order chi connectivity index (χ0) is 14.4. The lowest BCUT2D eigenvalue weighted by Gasteiger charge is -2.24. The molecule has 21 heavy (non-hydrogen) atoms. The van der Waals surface area contributed by atoms with Gasteiger partial charge in [-0.1, -0.05) is 12.1 Å². The van der Waals surface area contributed by atoms with Crippen LogP contribution in [0.5, 0.6) is 11.5 Å². The van der Waals surface area contributed by atoms with Crippen LogP contribution in [0.3, 0.4) is 0 Å². The Labute approximate surface area is 118 Å². The maximum atomic E-state index is 13.2. The summed E-state index contributed by atoms with van der Waals surface area (Å²) in [6, 6.07) is 9.45. The lowest BCUT2D eigenvalue weighted by Crippen LogP contribution is -2.22. The number of nitrogens with zero attached hydrogens (tertiary/aromatic N) is 1. The van der Waals surface area contributed by atoms with Gasteiger partial charge in [0, 0.05) is 12.1 Å². The van der Waals surface area contributed by atoms with Gasteiger partial charge in [0.05, 0.1) is 11.0 Å². The predicted molar refractivity (Wildman–Crippen MR) is 71.3 cm³/mol. The van der Waals surface area contributed by atoms with Gasteiger partial charge in [0.15, 0.2) is 35.1 Å². The molecule has 1 unspecified atom stereocenters. The van der Waals surface area contributed by atoms with Crippen molar-refractivity contribution >= 4 is 11.0 Å². The Morgan fingerprint density at radius 3 is 2.71 bits per heavy atom. The highest BCUT2D eigenvalue weighted by Gasteiger charge is 2.25. The third kappa shape index (κ3) is 1.99. The molecule has 0 spiro atoms. The van der Waals surface area contributed by atoms with E-state index in [9.17, 15) is 8.78 Å². The van der Waals surface area contributed by atoms with E-state index in [1.54, 1.807) is 6.07 Å². The normalized spacial score (nSPS) is 17.1. The van der Waals surface area contributed by atoms with Crippen LogP contribution in [0.2, 0.25) is 0 Å². The third-order valence-corrected chi connectivity index (χ3v) is 3.36. The van der Waals surface area contributed by atoms with E-state index in [1.165, 1.54) is 0 Å². The highest BCUT2D eigenvalue weighted by molar-refractivity contribution is 5.75. The Bertz CT molecular complexity index is 793. The Balaban J connectivity index is 1.71. The molecular formula is C15H10F2N2O2. The number of aromatic nitrogens is 2. The quantitative estimate of drug-likeness (QED) is 0.747. The fourth-order valence-corrected chi connectivity index (χ4v) is 2.33. The van der Waals surface area contributed by atoms with Crippen LogP contribution in [0, 0.1) is 11.6 Å². The molecule has 106 valence electrons. The fourth-order valence-electron chi connectivity index (χ4n) is 2.33. The molecule has 0 amide bonds. The van der Waals surface area contributed by atoms with Gasteiger partial charge in [-0.2, -0.15) is 0 Å². The molecule has 1 aliphatic heterocycles. The van der Waals surface area contributed by atoms with Gasteiger partial charge >= 0.3 is 0 Å². The number of hydrogen-bond donors (Lipinski definition) is 1. The molecule has 1 aromatic heterocycles. The van der Waals surface area contributed by atoms with Crippen LogP contribution >= 0.6 is 0 Å². The summed E-state index contributed by atoms with van der Waals surface area (Å²) in [5.74, 6) is -0.0754. The average Bonchev–Trinajstić information content (AvgIpc) is 2.90. The molecule has 4 rings (SSSR count). The number of nitrogens with one attached hydrogen (secondary N) is 1. The number of para-hydroxylation sites is 2. The topological polar surface area (TPSA) is 47.1 Å². The molecule has 2 aromatic carbocycles. The average molecular weight is 288 g/mol. The van der Waals surface area contributed by atoms with E-state index in [0.717, 1.165) is 12.1 Å². The zero-order valence-electron chi connectivity index (χ0n) is 10.8. The summed E-state index contributed by atoms with van der Waals surface area (Å²) < 4.78 is 37.8. The van der Waals surface area contributed by atoms with E-state index in [1.807, 2.05) is 18.2 Å². The van der Waals surface area contributed by atoms with E-state index >= 15 is 0 Å². The Morgan fingerprint density at radius 1 is 1.10 bits per heavy atom. The van der Waals surface area contributed by atoms with Crippen molar-refractivity contribution in [1.82, 2.24) is 9.97 Å². The molecule has 6 heteroatoms. The van der Waals surface area contributed by atoms with Crippen LogP contribution in [0.25, 0.3) is 11.0 Å². The molecule has 0 bridgehead atoms. The van der Waals surface area contributed by atoms with E-state index in [4.69, 9.17) is 9.47 Å². The standard InChI is InChI=1S/C15H10F2N2O2/c16-8-5-10-11(6-9(8)17)19-15(18-10)14-7-20-12-3-1-2-4-13(12)21-14/h1-6,14H,7H2,(H,18,19). The molecule has 0 radical (unpaired) electrons. The Morgan fingerprint density at radius 2 is 1.86 bits per heavy atom. The molecule has 0 saturated heterocycles. The Hall–Kier alpha value is -2.63. The van der Waals surface area contributed by atoms with Crippen LogP contribution in [0.15, 0.2) is 36.4 Å². The maximum absolute atomic E-state index is 13.2. The van der Waals surface area contributed by atoms with E-state index in [0.29, 0.717) is 28.4 Å². The molecule has 0 aliphatic carbocycles. The molecule has 0 saturated carbocycles. The monoisotopic (exact) mass is 288 g/mol. The molecular weight excluding hydrogens is 278 g/mol. The van der Waals surface area contributed by atoms with Crippen molar-refractivity contribution in [1.29, 1.82) is 0 Å². The van der Waals surface area contributed by atoms with Crippen molar-refractivity contribution in [3.8, 4) is 11.5 Å². The van der Waals surface area contributed by atoms with E-state index < -0.39 is 17.7 Å². The van der Waals surface area contributed by atoms with Crippen molar-refractivity contribution in [3.05, 3.63) is 53.9 Å². The molecule has 1 aliphatic rings.